The SMILES string of the molecule is COCCCN1C(=O)NC(c2ccc(OC)c(OC)c2)C(c2nc(-c3cccs3)no2)=C1C. The minimum absolute atomic E-state index is 0.204. The highest BCUT2D eigenvalue weighted by molar-refractivity contribution is 7.13. The van der Waals surface area contributed by atoms with E-state index in [-0.39, 0.29) is 6.03 Å². The van der Waals surface area contributed by atoms with E-state index < -0.39 is 6.04 Å². The molecule has 3 aromatic rings. The molecule has 2 aromatic heterocycles. The van der Waals surface area contributed by atoms with Gasteiger partial charge in [0.05, 0.1) is 30.7 Å². The summed E-state index contributed by atoms with van der Waals surface area (Å²) in [5, 5.41) is 9.22. The van der Waals surface area contributed by atoms with E-state index in [1.165, 1.54) is 11.3 Å². The van der Waals surface area contributed by atoms with Gasteiger partial charge in [-0.05, 0) is 42.5 Å². The molecule has 1 atom stereocenters. The molecular formula is C23H26N4O5S. The Bertz CT molecular complexity index is 1140. The third-order valence-electron chi connectivity index (χ3n) is 5.47. The van der Waals surface area contributed by atoms with Crippen molar-refractivity contribution in [2.75, 3.05) is 34.5 Å². The molecule has 33 heavy (non-hydrogen) atoms. The van der Waals surface area contributed by atoms with E-state index in [4.69, 9.17) is 18.7 Å². The lowest BCUT2D eigenvalue weighted by atomic mass is 9.94. The van der Waals surface area contributed by atoms with E-state index in [0.29, 0.717) is 42.8 Å². The van der Waals surface area contributed by atoms with Crippen LogP contribution < -0.4 is 14.8 Å². The molecule has 1 N–H and O–H groups in total. The number of amides is 2. The first-order chi connectivity index (χ1) is 16.1. The second-order valence-corrected chi connectivity index (χ2v) is 8.34. The van der Waals surface area contributed by atoms with Crippen molar-refractivity contribution >= 4 is 22.9 Å². The number of benzene rings is 1. The Morgan fingerprint density at radius 3 is 2.70 bits per heavy atom. The summed E-state index contributed by atoms with van der Waals surface area (Å²) < 4.78 is 21.7. The summed E-state index contributed by atoms with van der Waals surface area (Å²) in [5.74, 6) is 2.03. The van der Waals surface area contributed by atoms with E-state index in [0.717, 1.165) is 21.7 Å². The number of nitrogens with one attached hydrogen (secondary N) is 1. The molecule has 0 radical (unpaired) electrons. The first-order valence-electron chi connectivity index (χ1n) is 10.4. The molecule has 4 rings (SSSR count). The highest BCUT2D eigenvalue weighted by Crippen LogP contribution is 2.40. The van der Waals surface area contributed by atoms with Crippen molar-refractivity contribution in [3.8, 4) is 22.2 Å². The maximum atomic E-state index is 13.0. The summed E-state index contributed by atoms with van der Waals surface area (Å²) in [6, 6.07) is 8.70. The Morgan fingerprint density at radius 2 is 2.00 bits per heavy atom. The van der Waals surface area contributed by atoms with Gasteiger partial charge >= 0.3 is 6.03 Å². The smallest absolute Gasteiger partial charge is 0.322 e. The Kier molecular flexibility index (Phi) is 6.95. The van der Waals surface area contributed by atoms with E-state index in [9.17, 15) is 4.79 Å². The van der Waals surface area contributed by atoms with Gasteiger partial charge in [-0.3, -0.25) is 4.90 Å². The van der Waals surface area contributed by atoms with E-state index >= 15 is 0 Å². The zero-order valence-corrected chi connectivity index (χ0v) is 19.8. The van der Waals surface area contributed by atoms with Crippen LogP contribution in [0.2, 0.25) is 0 Å². The third-order valence-corrected chi connectivity index (χ3v) is 6.33. The van der Waals surface area contributed by atoms with Crippen LogP contribution in [0.25, 0.3) is 16.3 Å². The van der Waals surface area contributed by atoms with Gasteiger partial charge in [-0.15, -0.1) is 11.3 Å². The topological polar surface area (TPSA) is 99.0 Å². The Balaban J connectivity index is 1.79. The van der Waals surface area contributed by atoms with Gasteiger partial charge in [0.1, 0.15) is 0 Å². The van der Waals surface area contributed by atoms with Gasteiger partial charge in [0.25, 0.3) is 5.89 Å². The van der Waals surface area contributed by atoms with Crippen LogP contribution in [0.5, 0.6) is 11.5 Å². The number of thiophene rings is 1. The molecule has 1 aliphatic rings. The number of rotatable bonds is 9. The van der Waals surface area contributed by atoms with Crippen LogP contribution in [-0.2, 0) is 4.74 Å². The van der Waals surface area contributed by atoms with E-state index in [2.05, 4.69) is 15.5 Å². The molecule has 2 amide bonds. The minimum Gasteiger partial charge on any atom is -0.493 e. The van der Waals surface area contributed by atoms with Crippen molar-refractivity contribution in [3.63, 3.8) is 0 Å². The number of nitrogens with zero attached hydrogens (tertiary/aromatic N) is 3. The van der Waals surface area contributed by atoms with Crippen LogP contribution in [0.4, 0.5) is 4.79 Å². The fourth-order valence-electron chi connectivity index (χ4n) is 3.82. The lowest BCUT2D eigenvalue weighted by Crippen LogP contribution is -2.46. The number of hydrogen-bond acceptors (Lipinski definition) is 8. The van der Waals surface area contributed by atoms with Gasteiger partial charge < -0.3 is 24.1 Å². The molecule has 3 heterocycles. The predicted octanol–water partition coefficient (Wildman–Crippen LogP) is 4.35. The van der Waals surface area contributed by atoms with Crippen molar-refractivity contribution in [2.45, 2.75) is 19.4 Å². The third kappa shape index (κ3) is 4.57. The maximum absolute atomic E-state index is 13.0. The second kappa shape index (κ2) is 10.1. The molecule has 0 aliphatic carbocycles. The summed E-state index contributed by atoms with van der Waals surface area (Å²) in [4.78, 5) is 20.3. The average Bonchev–Trinajstić information content (AvgIpc) is 3.52. The van der Waals surface area contributed by atoms with Crippen LogP contribution in [-0.4, -0.2) is 55.6 Å². The van der Waals surface area contributed by atoms with Crippen LogP contribution in [0.15, 0.2) is 45.9 Å². The molecule has 0 saturated heterocycles. The first kappa shape index (κ1) is 22.8. The van der Waals surface area contributed by atoms with Crippen molar-refractivity contribution < 1.29 is 23.5 Å². The molecule has 174 valence electrons. The van der Waals surface area contributed by atoms with Crippen LogP contribution in [0, 0.1) is 0 Å². The number of methoxy groups -OCH3 is 3. The Morgan fingerprint density at radius 1 is 1.18 bits per heavy atom. The normalized spacial score (nSPS) is 16.2. The van der Waals surface area contributed by atoms with E-state index in [1.807, 2.05) is 42.6 Å². The molecule has 1 aliphatic heterocycles. The molecule has 0 bridgehead atoms. The number of allylic oxidation sites excluding steroid dienone is 1. The van der Waals surface area contributed by atoms with Gasteiger partial charge in [-0.1, -0.05) is 17.3 Å². The molecule has 1 aromatic carbocycles. The monoisotopic (exact) mass is 470 g/mol. The quantitative estimate of drug-likeness (QED) is 0.464. The molecule has 0 fully saturated rings. The first-order valence-corrected chi connectivity index (χ1v) is 11.3. The lowest BCUT2D eigenvalue weighted by molar-refractivity contribution is 0.174. The summed E-state index contributed by atoms with van der Waals surface area (Å²) in [6.45, 7) is 2.94. The summed E-state index contributed by atoms with van der Waals surface area (Å²) in [5.41, 5.74) is 2.29. The number of urea groups is 1. The second-order valence-electron chi connectivity index (χ2n) is 7.39. The zero-order chi connectivity index (χ0) is 23.4. The van der Waals surface area contributed by atoms with Gasteiger partial charge in [0.15, 0.2) is 11.5 Å². The molecule has 1 unspecified atom stereocenters. The van der Waals surface area contributed by atoms with Gasteiger partial charge in [0, 0.05) is 26.0 Å². The molecule has 0 saturated carbocycles. The Labute approximate surface area is 196 Å². The number of carbonyl (C=O) groups excluding carboxylic acids is 1. The summed E-state index contributed by atoms with van der Waals surface area (Å²) in [6.07, 6.45) is 0.694. The van der Waals surface area contributed by atoms with Crippen molar-refractivity contribution in [1.29, 1.82) is 0 Å². The zero-order valence-electron chi connectivity index (χ0n) is 19.0. The van der Waals surface area contributed by atoms with E-state index in [1.54, 1.807) is 26.2 Å². The fraction of sp³-hybridized carbons (Fsp3) is 0.348. The highest BCUT2D eigenvalue weighted by atomic mass is 32.1. The molecule has 0 spiro atoms. The maximum Gasteiger partial charge on any atom is 0.322 e. The fourth-order valence-corrected chi connectivity index (χ4v) is 4.46. The molecule has 10 heteroatoms. The lowest BCUT2D eigenvalue weighted by Gasteiger charge is -2.35. The van der Waals surface area contributed by atoms with Crippen molar-refractivity contribution in [2.24, 2.45) is 0 Å². The average molecular weight is 471 g/mol. The minimum atomic E-state index is -0.507. The number of carbonyl (C=O) groups is 1. The van der Waals surface area contributed by atoms with Crippen LogP contribution in [0.3, 0.4) is 0 Å². The highest BCUT2D eigenvalue weighted by Gasteiger charge is 2.36. The van der Waals surface area contributed by atoms with Crippen molar-refractivity contribution in [1.82, 2.24) is 20.4 Å². The van der Waals surface area contributed by atoms with Crippen LogP contribution in [0.1, 0.15) is 30.8 Å². The summed E-state index contributed by atoms with van der Waals surface area (Å²) >= 11 is 1.53. The Hall–Kier alpha value is -3.37. The van der Waals surface area contributed by atoms with Crippen molar-refractivity contribution in [3.05, 3.63) is 52.9 Å². The summed E-state index contributed by atoms with van der Waals surface area (Å²) in [7, 11) is 4.80. The number of hydrogen-bond donors (Lipinski definition) is 1. The standard InChI is InChI=1S/C23H26N4O5S/c1-14-19(22-25-21(26-32-22)18-7-5-12-33-18)20(24-23(28)27(14)10-6-11-29-2)15-8-9-16(30-3)17(13-15)31-4/h5,7-9,12-13,20H,6,10-11H2,1-4H3,(H,24,28). The molecular weight excluding hydrogens is 444 g/mol. The largest absolute Gasteiger partial charge is 0.493 e. The predicted molar refractivity (Wildman–Crippen MR) is 124 cm³/mol. The number of ether oxygens (including phenoxy) is 3. The van der Waals surface area contributed by atoms with Crippen LogP contribution >= 0.6 is 11.3 Å². The van der Waals surface area contributed by atoms with Gasteiger partial charge in [-0.25, -0.2) is 4.79 Å². The van der Waals surface area contributed by atoms with Gasteiger partial charge in [-0.2, -0.15) is 4.98 Å². The van der Waals surface area contributed by atoms with Gasteiger partial charge in [0.2, 0.25) is 5.82 Å². The molecule has 9 nitrogen and oxygen atoms in total. The number of aromatic nitrogens is 2.